The van der Waals surface area contributed by atoms with Gasteiger partial charge in [-0.25, -0.2) is 0 Å². The van der Waals surface area contributed by atoms with Gasteiger partial charge in [-0.15, -0.1) is 0 Å². The minimum Gasteiger partial charge on any atom is -0.354 e. The number of carbonyl (C=O) groups excluding carboxylic acids is 2. The largest absolute Gasteiger partial charge is 0.354 e. The Hall–Kier alpha value is -1.88. The van der Waals surface area contributed by atoms with Crippen LogP contribution in [0.15, 0.2) is 30.3 Å². The molecule has 1 aromatic rings. The lowest BCUT2D eigenvalue weighted by atomic mass is 9.81. The van der Waals surface area contributed by atoms with E-state index >= 15 is 0 Å². The van der Waals surface area contributed by atoms with Crippen molar-refractivity contribution in [2.45, 2.75) is 71.0 Å². The maximum atomic E-state index is 13.1. The van der Waals surface area contributed by atoms with Gasteiger partial charge in [0, 0.05) is 38.1 Å². The number of carbonyl (C=O) groups is 2. The van der Waals surface area contributed by atoms with Gasteiger partial charge in [-0.1, -0.05) is 43.2 Å². The number of benzene rings is 1. The average molecular weight is 372 g/mol. The van der Waals surface area contributed by atoms with Crippen molar-refractivity contribution >= 4 is 11.8 Å². The number of hydrogen-bond acceptors (Lipinski definition) is 3. The first kappa shape index (κ1) is 19.9. The first-order valence-corrected chi connectivity index (χ1v) is 10.3. The Morgan fingerprint density at radius 2 is 1.89 bits per heavy atom. The van der Waals surface area contributed by atoms with E-state index in [9.17, 15) is 9.59 Å². The van der Waals surface area contributed by atoms with Crippen LogP contribution in [-0.2, 0) is 16.1 Å². The summed E-state index contributed by atoms with van der Waals surface area (Å²) >= 11 is 0. The molecular weight excluding hydrogens is 338 g/mol. The fourth-order valence-corrected chi connectivity index (χ4v) is 4.49. The van der Waals surface area contributed by atoms with Crippen molar-refractivity contribution in [1.82, 2.24) is 15.5 Å². The van der Waals surface area contributed by atoms with Gasteiger partial charge >= 0.3 is 0 Å². The van der Waals surface area contributed by atoms with Crippen molar-refractivity contribution in [3.05, 3.63) is 35.9 Å². The average Bonchev–Trinajstić information content (AvgIpc) is 3.25. The van der Waals surface area contributed by atoms with Crippen LogP contribution in [0.1, 0.15) is 57.9 Å². The first-order valence-electron chi connectivity index (χ1n) is 10.3. The van der Waals surface area contributed by atoms with Gasteiger partial charge in [0.05, 0.1) is 5.41 Å². The van der Waals surface area contributed by atoms with Crippen molar-refractivity contribution in [2.75, 3.05) is 13.1 Å². The summed E-state index contributed by atoms with van der Waals surface area (Å²) in [6.07, 6.45) is 5.01. The quantitative estimate of drug-likeness (QED) is 0.775. The molecule has 1 aliphatic heterocycles. The summed E-state index contributed by atoms with van der Waals surface area (Å²) in [5.74, 6) is 0.0876. The summed E-state index contributed by atoms with van der Waals surface area (Å²) in [5.41, 5.74) is 0.799. The van der Waals surface area contributed by atoms with Crippen LogP contribution in [0.2, 0.25) is 0 Å². The van der Waals surface area contributed by atoms with Gasteiger partial charge in [-0.2, -0.15) is 0 Å². The Morgan fingerprint density at radius 3 is 2.56 bits per heavy atom. The zero-order valence-electron chi connectivity index (χ0n) is 16.7. The molecule has 2 aliphatic rings. The van der Waals surface area contributed by atoms with E-state index in [1.165, 1.54) is 5.56 Å². The molecular formula is C22H33N3O2. The van der Waals surface area contributed by atoms with E-state index in [0.717, 1.165) is 51.7 Å². The van der Waals surface area contributed by atoms with Crippen LogP contribution in [0.3, 0.4) is 0 Å². The molecule has 0 aromatic heterocycles. The van der Waals surface area contributed by atoms with Crippen molar-refractivity contribution < 1.29 is 9.59 Å². The number of hydrogen-bond donors (Lipinski definition) is 2. The van der Waals surface area contributed by atoms with Crippen molar-refractivity contribution in [3.8, 4) is 0 Å². The standard InChI is InChI=1S/C22H33N3O2/c1-17(2)23-20(26)14-22(11-6-7-12-22)21(27)24-19-10-13-25(16-19)15-18-8-4-3-5-9-18/h3-5,8-9,17,19H,6-7,10-16H2,1-2H3,(H,23,26)(H,24,27). The molecule has 0 bridgehead atoms. The molecule has 1 aliphatic carbocycles. The summed E-state index contributed by atoms with van der Waals surface area (Å²) in [4.78, 5) is 27.8. The molecule has 2 fully saturated rings. The topological polar surface area (TPSA) is 61.4 Å². The van der Waals surface area contributed by atoms with Crippen LogP contribution in [0.4, 0.5) is 0 Å². The Bertz CT molecular complexity index is 638. The van der Waals surface area contributed by atoms with Crippen molar-refractivity contribution in [3.63, 3.8) is 0 Å². The second-order valence-corrected chi connectivity index (χ2v) is 8.57. The normalized spacial score (nSPS) is 22.1. The van der Waals surface area contributed by atoms with Gasteiger partial charge in [0.1, 0.15) is 0 Å². The van der Waals surface area contributed by atoms with Crippen LogP contribution in [0, 0.1) is 5.41 Å². The second kappa shape index (κ2) is 8.87. The molecule has 1 aromatic carbocycles. The summed E-state index contributed by atoms with van der Waals surface area (Å²) in [5, 5.41) is 6.23. The summed E-state index contributed by atoms with van der Waals surface area (Å²) in [6, 6.07) is 10.8. The van der Waals surface area contributed by atoms with E-state index in [4.69, 9.17) is 0 Å². The highest BCUT2D eigenvalue weighted by molar-refractivity contribution is 5.89. The lowest BCUT2D eigenvalue weighted by Gasteiger charge is -2.29. The van der Waals surface area contributed by atoms with Gasteiger partial charge in [0.25, 0.3) is 0 Å². The Balaban J connectivity index is 1.54. The zero-order chi connectivity index (χ0) is 19.3. The van der Waals surface area contributed by atoms with E-state index in [1.54, 1.807) is 0 Å². The van der Waals surface area contributed by atoms with E-state index < -0.39 is 5.41 Å². The molecule has 3 rings (SSSR count). The number of likely N-dealkylation sites (tertiary alicyclic amines) is 1. The molecule has 5 heteroatoms. The van der Waals surface area contributed by atoms with Gasteiger partial charge in [0.15, 0.2) is 0 Å². The maximum Gasteiger partial charge on any atom is 0.226 e. The van der Waals surface area contributed by atoms with E-state index in [-0.39, 0.29) is 23.9 Å². The Labute approximate surface area is 162 Å². The number of amides is 2. The molecule has 1 saturated carbocycles. The smallest absolute Gasteiger partial charge is 0.226 e. The predicted molar refractivity (Wildman–Crippen MR) is 107 cm³/mol. The predicted octanol–water partition coefficient (Wildman–Crippen LogP) is 2.85. The van der Waals surface area contributed by atoms with Crippen LogP contribution in [0.5, 0.6) is 0 Å². The molecule has 1 unspecified atom stereocenters. The molecule has 2 amide bonds. The first-order chi connectivity index (χ1) is 13.0. The fourth-order valence-electron chi connectivity index (χ4n) is 4.49. The van der Waals surface area contributed by atoms with Crippen LogP contribution in [-0.4, -0.2) is 41.9 Å². The monoisotopic (exact) mass is 371 g/mol. The zero-order valence-corrected chi connectivity index (χ0v) is 16.7. The molecule has 148 valence electrons. The molecule has 5 nitrogen and oxygen atoms in total. The van der Waals surface area contributed by atoms with E-state index in [1.807, 2.05) is 19.9 Å². The molecule has 0 spiro atoms. The van der Waals surface area contributed by atoms with Crippen LogP contribution >= 0.6 is 0 Å². The number of nitrogens with zero attached hydrogens (tertiary/aromatic N) is 1. The molecule has 1 atom stereocenters. The molecule has 27 heavy (non-hydrogen) atoms. The van der Waals surface area contributed by atoms with Gasteiger partial charge in [-0.3, -0.25) is 14.5 Å². The number of rotatable bonds is 7. The van der Waals surface area contributed by atoms with Gasteiger partial charge < -0.3 is 10.6 Å². The second-order valence-electron chi connectivity index (χ2n) is 8.57. The Morgan fingerprint density at radius 1 is 1.19 bits per heavy atom. The lowest BCUT2D eigenvalue weighted by Crippen LogP contribution is -2.47. The highest BCUT2D eigenvalue weighted by Crippen LogP contribution is 2.41. The highest BCUT2D eigenvalue weighted by Gasteiger charge is 2.43. The Kier molecular flexibility index (Phi) is 6.53. The molecule has 1 saturated heterocycles. The highest BCUT2D eigenvalue weighted by atomic mass is 16.2. The maximum absolute atomic E-state index is 13.1. The van der Waals surface area contributed by atoms with E-state index in [0.29, 0.717) is 6.42 Å². The van der Waals surface area contributed by atoms with Crippen molar-refractivity contribution in [2.24, 2.45) is 5.41 Å². The molecule has 2 N–H and O–H groups in total. The van der Waals surface area contributed by atoms with Gasteiger partial charge in [0.2, 0.25) is 11.8 Å². The minimum absolute atomic E-state index is 0.000763. The van der Waals surface area contributed by atoms with Crippen LogP contribution in [0.25, 0.3) is 0 Å². The van der Waals surface area contributed by atoms with Crippen molar-refractivity contribution in [1.29, 1.82) is 0 Å². The third-order valence-corrected chi connectivity index (χ3v) is 5.85. The molecule has 0 radical (unpaired) electrons. The molecule has 1 heterocycles. The van der Waals surface area contributed by atoms with Crippen LogP contribution < -0.4 is 10.6 Å². The fraction of sp³-hybridized carbons (Fsp3) is 0.636. The summed E-state index contributed by atoms with van der Waals surface area (Å²) in [6.45, 7) is 6.73. The van der Waals surface area contributed by atoms with Gasteiger partial charge in [-0.05, 0) is 38.7 Å². The lowest BCUT2D eigenvalue weighted by molar-refractivity contribution is -0.137. The van der Waals surface area contributed by atoms with E-state index in [2.05, 4.69) is 39.8 Å². The number of nitrogens with one attached hydrogen (secondary N) is 2. The third-order valence-electron chi connectivity index (χ3n) is 5.85. The third kappa shape index (κ3) is 5.32. The SMILES string of the molecule is CC(C)NC(=O)CC1(C(=O)NC2CCN(Cc3ccccc3)C2)CCCC1. The minimum atomic E-state index is -0.508. The summed E-state index contributed by atoms with van der Waals surface area (Å²) < 4.78 is 0. The summed E-state index contributed by atoms with van der Waals surface area (Å²) in [7, 11) is 0.